The van der Waals surface area contributed by atoms with Gasteiger partial charge in [-0.1, -0.05) is 6.08 Å². The Hall–Kier alpha value is -0.920. The molecule has 0 aliphatic heterocycles. The van der Waals surface area contributed by atoms with Crippen LogP contribution in [0.2, 0.25) is 0 Å². The fourth-order valence-electron chi connectivity index (χ4n) is 0.903. The number of nitrogens with one attached hydrogen (secondary N) is 1. The number of amides is 1. The Morgan fingerprint density at radius 2 is 2.12 bits per heavy atom. The molecule has 7 heteroatoms. The fraction of sp³-hybridized carbons (Fsp3) is 0.667. The van der Waals surface area contributed by atoms with Crippen LogP contribution in [-0.2, 0) is 14.8 Å². The van der Waals surface area contributed by atoms with E-state index in [-0.39, 0.29) is 18.2 Å². The Morgan fingerprint density at radius 1 is 1.56 bits per heavy atom. The van der Waals surface area contributed by atoms with E-state index in [4.69, 9.17) is 5.73 Å². The van der Waals surface area contributed by atoms with E-state index in [0.29, 0.717) is 6.42 Å². The van der Waals surface area contributed by atoms with Crippen molar-refractivity contribution in [1.82, 2.24) is 9.62 Å². The van der Waals surface area contributed by atoms with E-state index in [2.05, 4.69) is 11.9 Å². The molecule has 94 valence electrons. The average molecular weight is 249 g/mol. The minimum Gasteiger partial charge on any atom is -0.354 e. The van der Waals surface area contributed by atoms with Crippen LogP contribution in [0.4, 0.5) is 0 Å². The summed E-state index contributed by atoms with van der Waals surface area (Å²) in [6, 6.07) is -0.667. The van der Waals surface area contributed by atoms with Crippen molar-refractivity contribution < 1.29 is 13.2 Å². The highest BCUT2D eigenvalue weighted by Crippen LogP contribution is 1.93. The van der Waals surface area contributed by atoms with Crippen LogP contribution in [-0.4, -0.2) is 51.1 Å². The van der Waals surface area contributed by atoms with E-state index in [1.54, 1.807) is 6.08 Å². The molecule has 3 N–H and O–H groups in total. The molecule has 0 aromatic carbocycles. The molecule has 0 fully saturated rings. The van der Waals surface area contributed by atoms with E-state index in [0.717, 1.165) is 4.31 Å². The lowest BCUT2D eigenvalue weighted by Crippen LogP contribution is -2.42. The van der Waals surface area contributed by atoms with Crippen LogP contribution in [0.25, 0.3) is 0 Å². The predicted octanol–water partition coefficient (Wildman–Crippen LogP) is -1.10. The Morgan fingerprint density at radius 3 is 2.56 bits per heavy atom. The molecule has 0 aromatic heterocycles. The van der Waals surface area contributed by atoms with Crippen molar-refractivity contribution in [2.75, 3.05) is 26.4 Å². The Labute approximate surface area is 96.5 Å². The second-order valence-electron chi connectivity index (χ2n) is 3.52. The lowest BCUT2D eigenvalue weighted by molar-refractivity contribution is -0.122. The second kappa shape index (κ2) is 6.62. The molecular weight excluding hydrogens is 230 g/mol. The molecule has 0 aliphatic rings. The maximum atomic E-state index is 11.3. The van der Waals surface area contributed by atoms with E-state index >= 15 is 0 Å². The van der Waals surface area contributed by atoms with Crippen molar-refractivity contribution in [3.8, 4) is 0 Å². The van der Waals surface area contributed by atoms with Gasteiger partial charge in [0.25, 0.3) is 0 Å². The smallest absolute Gasteiger partial charge is 0.237 e. The van der Waals surface area contributed by atoms with Crippen LogP contribution in [0.5, 0.6) is 0 Å². The van der Waals surface area contributed by atoms with Crippen molar-refractivity contribution in [2.24, 2.45) is 5.73 Å². The first-order valence-corrected chi connectivity index (χ1v) is 6.46. The third kappa shape index (κ3) is 5.24. The first-order chi connectivity index (χ1) is 7.31. The number of rotatable bonds is 7. The topological polar surface area (TPSA) is 92.5 Å². The first-order valence-electron chi connectivity index (χ1n) is 4.85. The molecule has 0 aliphatic carbocycles. The maximum absolute atomic E-state index is 11.3. The second-order valence-corrected chi connectivity index (χ2v) is 5.82. The summed E-state index contributed by atoms with van der Waals surface area (Å²) >= 11 is 0. The van der Waals surface area contributed by atoms with Gasteiger partial charge in [-0.3, -0.25) is 4.79 Å². The summed E-state index contributed by atoms with van der Waals surface area (Å²) in [4.78, 5) is 11.3. The van der Waals surface area contributed by atoms with Crippen molar-refractivity contribution in [2.45, 2.75) is 12.5 Å². The van der Waals surface area contributed by atoms with Crippen molar-refractivity contribution in [1.29, 1.82) is 0 Å². The van der Waals surface area contributed by atoms with Crippen LogP contribution >= 0.6 is 0 Å². The number of sulfonamides is 1. The summed E-state index contributed by atoms with van der Waals surface area (Å²) in [5.74, 6) is -0.499. The lowest BCUT2D eigenvalue weighted by atomic mass is 10.2. The zero-order valence-electron chi connectivity index (χ0n) is 9.64. The van der Waals surface area contributed by atoms with Gasteiger partial charge in [0.05, 0.1) is 11.8 Å². The molecule has 0 radical (unpaired) electrons. The number of carbonyl (C=O) groups excluding carboxylic acids is 1. The average Bonchev–Trinajstić information content (AvgIpc) is 2.17. The molecule has 16 heavy (non-hydrogen) atoms. The molecular formula is C9H19N3O3S. The minimum atomic E-state index is -3.27. The molecule has 0 spiro atoms. The van der Waals surface area contributed by atoms with E-state index in [9.17, 15) is 13.2 Å². The van der Waals surface area contributed by atoms with Crippen molar-refractivity contribution in [3.05, 3.63) is 12.7 Å². The van der Waals surface area contributed by atoms with Gasteiger partial charge < -0.3 is 11.1 Å². The van der Waals surface area contributed by atoms with Gasteiger partial charge in [-0.25, -0.2) is 12.7 Å². The summed E-state index contributed by atoms with van der Waals surface area (Å²) in [5, 5.41) is 2.46. The van der Waals surface area contributed by atoms with Crippen LogP contribution in [0.15, 0.2) is 12.7 Å². The Kier molecular flexibility index (Phi) is 6.24. The van der Waals surface area contributed by atoms with Gasteiger partial charge in [-0.05, 0) is 6.42 Å². The Bertz CT molecular complexity index is 338. The quantitative estimate of drug-likeness (QED) is 0.560. The lowest BCUT2D eigenvalue weighted by Gasteiger charge is -2.13. The molecule has 6 nitrogen and oxygen atoms in total. The van der Waals surface area contributed by atoms with Gasteiger partial charge in [-0.15, -0.1) is 6.58 Å². The zero-order valence-corrected chi connectivity index (χ0v) is 10.5. The largest absolute Gasteiger partial charge is 0.354 e. The third-order valence-electron chi connectivity index (χ3n) is 1.97. The van der Waals surface area contributed by atoms with Crippen LogP contribution in [0, 0.1) is 0 Å². The third-order valence-corrected chi connectivity index (χ3v) is 3.81. The van der Waals surface area contributed by atoms with Gasteiger partial charge in [0, 0.05) is 20.6 Å². The normalized spacial score (nSPS) is 13.5. The zero-order chi connectivity index (χ0) is 12.8. The SMILES string of the molecule is C=CCC(N)C(=O)NCCS(=O)(=O)N(C)C. The van der Waals surface area contributed by atoms with Gasteiger partial charge >= 0.3 is 0 Å². The van der Waals surface area contributed by atoms with E-state index in [1.807, 2.05) is 0 Å². The van der Waals surface area contributed by atoms with E-state index in [1.165, 1.54) is 14.1 Å². The van der Waals surface area contributed by atoms with Crippen LogP contribution in [0.3, 0.4) is 0 Å². The van der Waals surface area contributed by atoms with Gasteiger partial charge in [0.2, 0.25) is 15.9 Å². The number of nitrogens with two attached hydrogens (primary N) is 1. The summed E-state index contributed by atoms with van der Waals surface area (Å²) < 4.78 is 23.8. The molecule has 1 unspecified atom stereocenters. The molecule has 0 saturated heterocycles. The molecule has 0 saturated carbocycles. The highest BCUT2D eigenvalue weighted by Gasteiger charge is 2.15. The van der Waals surface area contributed by atoms with Gasteiger partial charge in [0.1, 0.15) is 0 Å². The van der Waals surface area contributed by atoms with Crippen molar-refractivity contribution >= 4 is 15.9 Å². The summed E-state index contributed by atoms with van der Waals surface area (Å²) in [6.45, 7) is 3.52. The summed E-state index contributed by atoms with van der Waals surface area (Å²) in [5.41, 5.74) is 5.49. The fourth-order valence-corrected chi connectivity index (χ4v) is 1.63. The predicted molar refractivity (Wildman–Crippen MR) is 63.3 cm³/mol. The molecule has 0 rings (SSSR count). The highest BCUT2D eigenvalue weighted by molar-refractivity contribution is 7.89. The van der Waals surface area contributed by atoms with Gasteiger partial charge in [0.15, 0.2) is 0 Å². The van der Waals surface area contributed by atoms with E-state index < -0.39 is 16.1 Å². The minimum absolute atomic E-state index is 0.0597. The molecule has 1 amide bonds. The van der Waals surface area contributed by atoms with Crippen LogP contribution in [0.1, 0.15) is 6.42 Å². The number of hydrogen-bond donors (Lipinski definition) is 2. The van der Waals surface area contributed by atoms with Gasteiger partial charge in [-0.2, -0.15) is 0 Å². The number of hydrogen-bond acceptors (Lipinski definition) is 4. The van der Waals surface area contributed by atoms with Crippen LogP contribution < -0.4 is 11.1 Å². The Balaban J connectivity index is 4.00. The summed E-state index contributed by atoms with van der Waals surface area (Å²) in [7, 11) is -0.384. The first kappa shape index (κ1) is 15.1. The molecule has 1 atom stereocenters. The van der Waals surface area contributed by atoms with Crippen molar-refractivity contribution in [3.63, 3.8) is 0 Å². The molecule has 0 bridgehead atoms. The number of nitrogens with zero attached hydrogens (tertiary/aromatic N) is 1. The summed E-state index contributed by atoms with van der Waals surface area (Å²) in [6.07, 6.45) is 1.91. The highest BCUT2D eigenvalue weighted by atomic mass is 32.2. The monoisotopic (exact) mass is 249 g/mol. The maximum Gasteiger partial charge on any atom is 0.237 e. The molecule has 0 aromatic rings. The molecule has 0 heterocycles. The standard InChI is InChI=1S/C9H19N3O3S/c1-4-5-8(10)9(13)11-6-7-16(14,15)12(2)3/h4,8H,1,5-7,10H2,2-3H3,(H,11,13). The number of carbonyl (C=O) groups is 1.